The van der Waals surface area contributed by atoms with Crippen LogP contribution >= 0.6 is 12.2 Å². The average molecular weight is 270 g/mol. The lowest BCUT2D eigenvalue weighted by molar-refractivity contribution is 0.640. The van der Waals surface area contributed by atoms with Crippen molar-refractivity contribution < 1.29 is 4.39 Å². The van der Waals surface area contributed by atoms with Crippen LogP contribution in [0.4, 0.5) is 4.39 Å². The van der Waals surface area contributed by atoms with E-state index in [1.54, 1.807) is 18.2 Å². The SMILES string of the molecule is Cc1cc(=S)nc(-c2ccc(F)c3ccccc23)[nH]1. The summed E-state index contributed by atoms with van der Waals surface area (Å²) in [5.74, 6) is 0.437. The molecule has 2 nitrogen and oxygen atoms in total. The number of aryl methyl sites for hydroxylation is 1. The van der Waals surface area contributed by atoms with E-state index in [0.29, 0.717) is 15.9 Å². The second kappa shape index (κ2) is 4.55. The first-order valence-corrected chi connectivity index (χ1v) is 6.31. The summed E-state index contributed by atoms with van der Waals surface area (Å²) in [6, 6.07) is 12.3. The van der Waals surface area contributed by atoms with Crippen LogP contribution in [0, 0.1) is 17.4 Å². The number of benzene rings is 2. The average Bonchev–Trinajstić information content (AvgIpc) is 2.38. The Morgan fingerprint density at radius 2 is 1.84 bits per heavy atom. The van der Waals surface area contributed by atoms with Crippen molar-refractivity contribution in [3.8, 4) is 11.4 Å². The van der Waals surface area contributed by atoms with E-state index < -0.39 is 0 Å². The van der Waals surface area contributed by atoms with Gasteiger partial charge in [-0.2, -0.15) is 0 Å². The van der Waals surface area contributed by atoms with E-state index in [4.69, 9.17) is 12.2 Å². The maximum Gasteiger partial charge on any atom is 0.139 e. The highest BCUT2D eigenvalue weighted by Gasteiger charge is 2.09. The van der Waals surface area contributed by atoms with E-state index in [1.807, 2.05) is 25.1 Å². The Hall–Kier alpha value is -2.07. The Labute approximate surface area is 114 Å². The molecule has 0 amide bonds. The van der Waals surface area contributed by atoms with E-state index in [2.05, 4.69) is 9.97 Å². The molecule has 0 aliphatic heterocycles. The van der Waals surface area contributed by atoms with Gasteiger partial charge in [-0.1, -0.05) is 36.5 Å². The molecule has 0 radical (unpaired) electrons. The third-order valence-electron chi connectivity index (χ3n) is 3.00. The summed E-state index contributed by atoms with van der Waals surface area (Å²) in [6.07, 6.45) is 0. The van der Waals surface area contributed by atoms with E-state index in [0.717, 1.165) is 16.6 Å². The largest absolute Gasteiger partial charge is 0.343 e. The summed E-state index contributed by atoms with van der Waals surface area (Å²) in [7, 11) is 0. The number of hydrogen-bond donors (Lipinski definition) is 1. The molecular formula is C15H11FN2S. The van der Waals surface area contributed by atoms with Crippen molar-refractivity contribution in [1.82, 2.24) is 9.97 Å². The molecule has 0 aliphatic carbocycles. The van der Waals surface area contributed by atoms with Crippen LogP contribution in [0.3, 0.4) is 0 Å². The summed E-state index contributed by atoms with van der Waals surface area (Å²) < 4.78 is 14.3. The molecule has 0 atom stereocenters. The predicted octanol–water partition coefficient (Wildman–Crippen LogP) is 4.41. The molecule has 0 aliphatic rings. The fourth-order valence-corrected chi connectivity index (χ4v) is 2.44. The lowest BCUT2D eigenvalue weighted by Gasteiger charge is -2.08. The van der Waals surface area contributed by atoms with Crippen molar-refractivity contribution in [3.05, 3.63) is 58.6 Å². The summed E-state index contributed by atoms with van der Waals surface area (Å²) >= 11 is 5.13. The molecule has 0 fully saturated rings. The molecule has 19 heavy (non-hydrogen) atoms. The smallest absolute Gasteiger partial charge is 0.139 e. The molecule has 3 aromatic rings. The van der Waals surface area contributed by atoms with Gasteiger partial charge in [0.1, 0.15) is 16.3 Å². The normalized spacial score (nSPS) is 10.8. The van der Waals surface area contributed by atoms with Crippen LogP contribution in [0.1, 0.15) is 5.69 Å². The first kappa shape index (κ1) is 12.0. The number of nitrogens with zero attached hydrogens (tertiary/aromatic N) is 1. The van der Waals surface area contributed by atoms with Gasteiger partial charge >= 0.3 is 0 Å². The van der Waals surface area contributed by atoms with Gasteiger partial charge in [-0.3, -0.25) is 0 Å². The van der Waals surface area contributed by atoms with Crippen LogP contribution in [-0.2, 0) is 0 Å². The standard InChI is InChI=1S/C15H11FN2S/c1-9-8-14(19)18-15(17-9)12-6-7-13(16)11-5-3-2-4-10(11)12/h2-8H,1H3,(H,17,18,19). The zero-order valence-corrected chi connectivity index (χ0v) is 11.1. The molecule has 1 N–H and O–H groups in total. The number of rotatable bonds is 1. The molecule has 1 aromatic heterocycles. The van der Waals surface area contributed by atoms with E-state index in [1.165, 1.54) is 6.07 Å². The molecule has 1 heterocycles. The summed E-state index contributed by atoms with van der Waals surface area (Å²) in [5.41, 5.74) is 1.79. The number of aromatic nitrogens is 2. The Kier molecular flexibility index (Phi) is 2.87. The highest BCUT2D eigenvalue weighted by Crippen LogP contribution is 2.28. The van der Waals surface area contributed by atoms with E-state index >= 15 is 0 Å². The maximum absolute atomic E-state index is 13.8. The molecule has 0 saturated carbocycles. The number of H-pyrrole nitrogens is 1. The summed E-state index contributed by atoms with van der Waals surface area (Å²) in [4.78, 5) is 7.50. The highest BCUT2D eigenvalue weighted by molar-refractivity contribution is 7.71. The topological polar surface area (TPSA) is 28.7 Å². The van der Waals surface area contributed by atoms with E-state index in [-0.39, 0.29) is 5.82 Å². The zero-order valence-electron chi connectivity index (χ0n) is 10.3. The Bertz CT molecular complexity index is 824. The lowest BCUT2D eigenvalue weighted by atomic mass is 10.0. The van der Waals surface area contributed by atoms with Crippen molar-refractivity contribution in [2.45, 2.75) is 6.92 Å². The molecule has 3 rings (SSSR count). The zero-order chi connectivity index (χ0) is 13.4. The van der Waals surface area contributed by atoms with Crippen molar-refractivity contribution in [2.24, 2.45) is 0 Å². The minimum atomic E-state index is -0.231. The van der Waals surface area contributed by atoms with Gasteiger partial charge in [-0.25, -0.2) is 9.37 Å². The van der Waals surface area contributed by atoms with Crippen LogP contribution in [0.15, 0.2) is 42.5 Å². The van der Waals surface area contributed by atoms with Crippen LogP contribution in [0.2, 0.25) is 0 Å². The van der Waals surface area contributed by atoms with E-state index in [9.17, 15) is 4.39 Å². The van der Waals surface area contributed by atoms with Crippen molar-refractivity contribution in [2.75, 3.05) is 0 Å². The molecule has 0 saturated heterocycles. The number of hydrogen-bond acceptors (Lipinski definition) is 2. The van der Waals surface area contributed by atoms with Crippen molar-refractivity contribution in [3.63, 3.8) is 0 Å². The number of fused-ring (bicyclic) bond motifs is 1. The second-order valence-corrected chi connectivity index (χ2v) is 4.81. The number of nitrogens with one attached hydrogen (secondary N) is 1. The van der Waals surface area contributed by atoms with Crippen LogP contribution in [-0.4, -0.2) is 9.97 Å². The van der Waals surface area contributed by atoms with Gasteiger partial charge in [0.05, 0.1) is 0 Å². The van der Waals surface area contributed by atoms with Gasteiger partial charge in [0.25, 0.3) is 0 Å². The molecule has 94 valence electrons. The molecular weight excluding hydrogens is 259 g/mol. The molecule has 0 bridgehead atoms. The molecule has 2 aromatic carbocycles. The maximum atomic E-state index is 13.8. The van der Waals surface area contributed by atoms with Gasteiger partial charge in [-0.05, 0) is 30.5 Å². The Morgan fingerprint density at radius 1 is 1.11 bits per heavy atom. The quantitative estimate of drug-likeness (QED) is 0.664. The van der Waals surface area contributed by atoms with Gasteiger partial charge in [0.2, 0.25) is 0 Å². The monoisotopic (exact) mass is 270 g/mol. The first-order valence-electron chi connectivity index (χ1n) is 5.91. The molecule has 4 heteroatoms. The molecule has 0 unspecified atom stereocenters. The molecule has 0 spiro atoms. The van der Waals surface area contributed by atoms with Gasteiger partial charge in [0.15, 0.2) is 0 Å². The summed E-state index contributed by atoms with van der Waals surface area (Å²) in [5, 5.41) is 1.41. The fourth-order valence-electron chi connectivity index (χ4n) is 2.17. The third kappa shape index (κ3) is 2.15. The predicted molar refractivity (Wildman–Crippen MR) is 77.1 cm³/mol. The second-order valence-electron chi connectivity index (χ2n) is 4.39. The Balaban J connectivity index is 2.37. The van der Waals surface area contributed by atoms with Crippen molar-refractivity contribution in [1.29, 1.82) is 0 Å². The Morgan fingerprint density at radius 3 is 2.58 bits per heavy atom. The number of halogens is 1. The van der Waals surface area contributed by atoms with Crippen LogP contribution in [0.25, 0.3) is 22.2 Å². The first-order chi connectivity index (χ1) is 9.15. The van der Waals surface area contributed by atoms with Crippen LogP contribution < -0.4 is 0 Å². The highest BCUT2D eigenvalue weighted by atomic mass is 32.1. The number of aromatic amines is 1. The minimum absolute atomic E-state index is 0.231. The third-order valence-corrected chi connectivity index (χ3v) is 3.21. The van der Waals surface area contributed by atoms with Gasteiger partial charge in [0, 0.05) is 16.6 Å². The van der Waals surface area contributed by atoms with Crippen molar-refractivity contribution >= 4 is 23.0 Å². The van der Waals surface area contributed by atoms with Gasteiger partial charge in [-0.15, -0.1) is 0 Å². The summed E-state index contributed by atoms with van der Waals surface area (Å²) in [6.45, 7) is 1.92. The van der Waals surface area contributed by atoms with Crippen LogP contribution in [0.5, 0.6) is 0 Å². The minimum Gasteiger partial charge on any atom is -0.343 e. The fraction of sp³-hybridized carbons (Fsp3) is 0.0667. The lowest BCUT2D eigenvalue weighted by Crippen LogP contribution is -1.93. The van der Waals surface area contributed by atoms with Gasteiger partial charge < -0.3 is 4.98 Å².